The van der Waals surface area contributed by atoms with E-state index in [4.69, 9.17) is 16.0 Å². The minimum absolute atomic E-state index is 0.548. The van der Waals surface area contributed by atoms with E-state index in [0.29, 0.717) is 23.2 Å². The van der Waals surface area contributed by atoms with Gasteiger partial charge in [-0.15, -0.1) is 5.10 Å². The minimum Gasteiger partial charge on any atom is -0.444 e. The molecule has 26 heavy (non-hydrogen) atoms. The predicted molar refractivity (Wildman–Crippen MR) is 99.9 cm³/mol. The summed E-state index contributed by atoms with van der Waals surface area (Å²) in [5.74, 6) is 1.16. The Morgan fingerprint density at radius 2 is 1.96 bits per heavy atom. The van der Waals surface area contributed by atoms with Gasteiger partial charge in [0.2, 0.25) is 11.0 Å². The zero-order valence-corrected chi connectivity index (χ0v) is 15.2. The van der Waals surface area contributed by atoms with Gasteiger partial charge < -0.3 is 4.42 Å². The summed E-state index contributed by atoms with van der Waals surface area (Å²) in [4.78, 5) is 4.51. The number of halogens is 1. The maximum Gasteiger partial charge on any atom is 0.226 e. The largest absolute Gasteiger partial charge is 0.444 e. The van der Waals surface area contributed by atoms with Crippen molar-refractivity contribution in [3.05, 3.63) is 77.1 Å². The molecule has 0 spiro atoms. The van der Waals surface area contributed by atoms with E-state index in [1.54, 1.807) is 10.9 Å². The summed E-state index contributed by atoms with van der Waals surface area (Å²) >= 11 is 7.53. The molecule has 0 fully saturated rings. The smallest absolute Gasteiger partial charge is 0.226 e. The van der Waals surface area contributed by atoms with Gasteiger partial charge in [0, 0.05) is 16.3 Å². The first-order chi connectivity index (χ1) is 12.8. The second-order valence-electron chi connectivity index (χ2n) is 5.55. The molecule has 4 aromatic rings. The molecule has 0 radical (unpaired) electrons. The van der Waals surface area contributed by atoms with Crippen LogP contribution in [0.4, 0.5) is 0 Å². The molecule has 0 saturated carbocycles. The van der Waals surface area contributed by atoms with Gasteiger partial charge in [0.25, 0.3) is 0 Å². The minimum atomic E-state index is 0.548. The van der Waals surface area contributed by atoms with Crippen molar-refractivity contribution < 1.29 is 4.42 Å². The Kier molecular flexibility index (Phi) is 4.99. The Hall–Kier alpha value is -2.64. The first-order valence-corrected chi connectivity index (χ1v) is 9.27. The summed E-state index contributed by atoms with van der Waals surface area (Å²) in [6, 6.07) is 17.5. The van der Waals surface area contributed by atoms with E-state index < -0.39 is 0 Å². The van der Waals surface area contributed by atoms with E-state index in [-0.39, 0.29) is 0 Å². The molecule has 0 N–H and O–H groups in total. The van der Waals surface area contributed by atoms with Gasteiger partial charge in [0.15, 0.2) is 0 Å². The van der Waals surface area contributed by atoms with Gasteiger partial charge in [-0.25, -0.2) is 9.67 Å². The standard InChI is InChI=1S/C18H14ClN5OS/c19-15-8-4-7-14(9-15)17-20-16(11-25-17)12-26-18-21-22-23-24(18)10-13-5-2-1-3-6-13/h1-9,11H,10,12H2. The second-order valence-corrected chi connectivity index (χ2v) is 6.93. The monoisotopic (exact) mass is 383 g/mol. The van der Waals surface area contributed by atoms with Gasteiger partial charge in [0.1, 0.15) is 6.26 Å². The summed E-state index contributed by atoms with van der Waals surface area (Å²) in [7, 11) is 0. The lowest BCUT2D eigenvalue weighted by Crippen LogP contribution is -2.03. The first-order valence-electron chi connectivity index (χ1n) is 7.91. The maximum atomic E-state index is 6.02. The number of rotatable bonds is 6. The second kappa shape index (κ2) is 7.72. The lowest BCUT2D eigenvalue weighted by molar-refractivity contribution is 0.573. The molecule has 0 unspecified atom stereocenters. The van der Waals surface area contributed by atoms with Gasteiger partial charge in [-0.2, -0.15) is 0 Å². The molecule has 2 aromatic heterocycles. The summed E-state index contributed by atoms with van der Waals surface area (Å²) in [5.41, 5.74) is 2.81. The number of tetrazole rings is 1. The molecule has 0 aliphatic carbocycles. The van der Waals surface area contributed by atoms with E-state index in [9.17, 15) is 0 Å². The van der Waals surface area contributed by atoms with E-state index in [1.807, 2.05) is 54.6 Å². The highest BCUT2D eigenvalue weighted by Gasteiger charge is 2.11. The highest BCUT2D eigenvalue weighted by molar-refractivity contribution is 7.98. The van der Waals surface area contributed by atoms with Crippen molar-refractivity contribution >= 4 is 23.4 Å². The fraction of sp³-hybridized carbons (Fsp3) is 0.111. The average molecular weight is 384 g/mol. The van der Waals surface area contributed by atoms with Crippen molar-refractivity contribution in [2.24, 2.45) is 0 Å². The van der Waals surface area contributed by atoms with Crippen molar-refractivity contribution in [3.63, 3.8) is 0 Å². The number of hydrogen-bond donors (Lipinski definition) is 0. The average Bonchev–Trinajstić information content (AvgIpc) is 3.30. The number of benzene rings is 2. The Labute approximate surface area is 159 Å². The van der Waals surface area contributed by atoms with E-state index in [1.165, 1.54) is 11.8 Å². The van der Waals surface area contributed by atoms with Gasteiger partial charge in [-0.05, 0) is 34.2 Å². The number of nitrogens with zero attached hydrogens (tertiary/aromatic N) is 5. The van der Waals surface area contributed by atoms with Crippen molar-refractivity contribution in [1.82, 2.24) is 25.2 Å². The maximum absolute atomic E-state index is 6.02. The lowest BCUT2D eigenvalue weighted by Gasteiger charge is -2.03. The summed E-state index contributed by atoms with van der Waals surface area (Å²) < 4.78 is 7.34. The third-order valence-electron chi connectivity index (χ3n) is 3.65. The molecule has 0 bridgehead atoms. The van der Waals surface area contributed by atoms with Crippen LogP contribution in [-0.2, 0) is 12.3 Å². The van der Waals surface area contributed by atoms with Gasteiger partial charge in [-0.1, -0.05) is 59.8 Å². The fourth-order valence-electron chi connectivity index (χ4n) is 2.42. The number of oxazole rings is 1. The van der Waals surface area contributed by atoms with Gasteiger partial charge in [0.05, 0.1) is 12.2 Å². The highest BCUT2D eigenvalue weighted by Crippen LogP contribution is 2.25. The van der Waals surface area contributed by atoms with Crippen LogP contribution in [0.3, 0.4) is 0 Å². The molecule has 4 rings (SSSR count). The molecular weight excluding hydrogens is 370 g/mol. The normalized spacial score (nSPS) is 11.0. The molecule has 0 aliphatic rings. The van der Waals surface area contributed by atoms with Crippen LogP contribution < -0.4 is 0 Å². The van der Waals surface area contributed by atoms with E-state index in [0.717, 1.165) is 22.0 Å². The van der Waals surface area contributed by atoms with Crippen LogP contribution in [0.1, 0.15) is 11.3 Å². The molecule has 6 nitrogen and oxygen atoms in total. The van der Waals surface area contributed by atoms with E-state index >= 15 is 0 Å². The highest BCUT2D eigenvalue weighted by atomic mass is 35.5. The summed E-state index contributed by atoms with van der Waals surface area (Å²) in [6.45, 7) is 0.628. The van der Waals surface area contributed by atoms with Crippen LogP contribution in [0.15, 0.2) is 70.4 Å². The Balaban J connectivity index is 1.43. The fourth-order valence-corrected chi connectivity index (χ4v) is 3.37. The van der Waals surface area contributed by atoms with Crippen molar-refractivity contribution in [3.8, 4) is 11.5 Å². The van der Waals surface area contributed by atoms with Crippen LogP contribution in [-0.4, -0.2) is 25.2 Å². The number of hydrogen-bond acceptors (Lipinski definition) is 6. The number of aromatic nitrogens is 5. The Morgan fingerprint density at radius 3 is 2.81 bits per heavy atom. The van der Waals surface area contributed by atoms with Crippen LogP contribution in [0, 0.1) is 0 Å². The molecule has 0 aliphatic heterocycles. The molecule has 0 amide bonds. The van der Waals surface area contributed by atoms with Crippen LogP contribution in [0.2, 0.25) is 5.02 Å². The molecule has 0 saturated heterocycles. The van der Waals surface area contributed by atoms with Crippen molar-refractivity contribution in [2.45, 2.75) is 17.5 Å². The van der Waals surface area contributed by atoms with Gasteiger partial charge in [-0.3, -0.25) is 0 Å². The third-order valence-corrected chi connectivity index (χ3v) is 4.87. The van der Waals surface area contributed by atoms with Crippen LogP contribution in [0.5, 0.6) is 0 Å². The quantitative estimate of drug-likeness (QED) is 0.462. The summed E-state index contributed by atoms with van der Waals surface area (Å²) in [5, 5.41) is 13.3. The molecule has 2 aromatic carbocycles. The molecule has 8 heteroatoms. The first kappa shape index (κ1) is 16.8. The molecule has 2 heterocycles. The molecule has 0 atom stereocenters. The van der Waals surface area contributed by atoms with Gasteiger partial charge >= 0.3 is 0 Å². The Morgan fingerprint density at radius 1 is 1.08 bits per heavy atom. The van der Waals surface area contributed by atoms with Crippen molar-refractivity contribution in [2.75, 3.05) is 0 Å². The molecule has 130 valence electrons. The lowest BCUT2D eigenvalue weighted by atomic mass is 10.2. The van der Waals surface area contributed by atoms with Crippen LogP contribution >= 0.6 is 23.4 Å². The van der Waals surface area contributed by atoms with Crippen molar-refractivity contribution in [1.29, 1.82) is 0 Å². The topological polar surface area (TPSA) is 69.6 Å². The zero-order valence-electron chi connectivity index (χ0n) is 13.6. The Bertz CT molecular complexity index is 1000. The SMILES string of the molecule is Clc1cccc(-c2nc(CSc3nnnn3Cc3ccccc3)co2)c1. The molecular formula is C18H14ClN5OS. The third kappa shape index (κ3) is 3.95. The summed E-state index contributed by atoms with van der Waals surface area (Å²) in [6.07, 6.45) is 1.65. The van der Waals surface area contributed by atoms with E-state index in [2.05, 4.69) is 20.5 Å². The number of thioether (sulfide) groups is 1. The predicted octanol–water partition coefficient (Wildman–Crippen LogP) is 4.32. The zero-order chi connectivity index (χ0) is 17.8. The van der Waals surface area contributed by atoms with Crippen LogP contribution in [0.25, 0.3) is 11.5 Å².